The summed E-state index contributed by atoms with van der Waals surface area (Å²) in [6.45, 7) is 0. The van der Waals surface area contributed by atoms with Gasteiger partial charge in [0.15, 0.2) is 0 Å². The van der Waals surface area contributed by atoms with Crippen molar-refractivity contribution in [3.63, 3.8) is 0 Å². The Morgan fingerprint density at radius 1 is 0.233 bits per heavy atom. The largest absolute Gasteiger partial charge is 0.0616 e. The zero-order valence-corrected chi connectivity index (χ0v) is 16.4. The first-order chi connectivity index (χ1) is 14.9. The van der Waals surface area contributed by atoms with Crippen molar-refractivity contribution in [1.82, 2.24) is 0 Å². The molecule has 0 spiro atoms. The number of fused-ring (bicyclic) bond motifs is 12. The molecule has 0 saturated heterocycles. The first-order valence-electron chi connectivity index (χ1n) is 10.5. The summed E-state index contributed by atoms with van der Waals surface area (Å²) in [5.41, 5.74) is 0. The smallest absolute Gasteiger partial charge is 0.00141 e. The fraction of sp³-hybridized carbons (Fsp3) is 0. The lowest BCUT2D eigenvalue weighted by atomic mass is 9.87. The van der Waals surface area contributed by atoms with Gasteiger partial charge >= 0.3 is 0 Å². The van der Waals surface area contributed by atoms with Crippen LogP contribution in [0, 0.1) is 0 Å². The Morgan fingerprint density at radius 3 is 1.33 bits per heavy atom. The van der Waals surface area contributed by atoms with Crippen LogP contribution in [0.3, 0.4) is 0 Å². The predicted molar refractivity (Wildman–Crippen MR) is 131 cm³/mol. The van der Waals surface area contributed by atoms with Crippen molar-refractivity contribution in [3.8, 4) is 0 Å². The van der Waals surface area contributed by atoms with Crippen molar-refractivity contribution in [2.75, 3.05) is 0 Å². The molecule has 0 N–H and O–H groups in total. The summed E-state index contributed by atoms with van der Waals surface area (Å²) in [6.07, 6.45) is 0. The minimum absolute atomic E-state index is 1.29. The van der Waals surface area contributed by atoms with Crippen LogP contribution in [0.5, 0.6) is 0 Å². The first kappa shape index (κ1) is 16.0. The van der Waals surface area contributed by atoms with Crippen LogP contribution in [0.4, 0.5) is 0 Å². The molecular formula is C30H18. The molecule has 0 radical (unpaired) electrons. The molecule has 0 unspecified atom stereocenters. The van der Waals surface area contributed by atoms with Crippen molar-refractivity contribution >= 4 is 64.6 Å². The van der Waals surface area contributed by atoms with Gasteiger partial charge in [0.2, 0.25) is 0 Å². The molecule has 0 saturated carbocycles. The summed E-state index contributed by atoms with van der Waals surface area (Å²) in [5.74, 6) is 0. The molecule has 0 aliphatic heterocycles. The monoisotopic (exact) mass is 378 g/mol. The average Bonchev–Trinajstić information content (AvgIpc) is 2.83. The lowest BCUT2D eigenvalue weighted by Crippen LogP contribution is -1.87. The van der Waals surface area contributed by atoms with E-state index in [2.05, 4.69) is 109 Å². The average molecular weight is 378 g/mol. The third-order valence-corrected chi connectivity index (χ3v) is 6.60. The van der Waals surface area contributed by atoms with Crippen LogP contribution in [-0.4, -0.2) is 0 Å². The summed E-state index contributed by atoms with van der Waals surface area (Å²) in [4.78, 5) is 0. The second-order valence-electron chi connectivity index (χ2n) is 8.13. The molecule has 0 bridgehead atoms. The number of hydrogen-bond donors (Lipinski definition) is 0. The molecule has 0 fully saturated rings. The van der Waals surface area contributed by atoms with Crippen LogP contribution >= 0.6 is 0 Å². The standard InChI is InChI=1S/C30H18/c1-3-9-22-19(7-1)13-14-21-16-18-27-26-17-15-20-8-2-4-10-23(20)29(26)24-11-5-6-12-25(24)30(27)28(21)22/h1-18H. The number of hydrogen-bond acceptors (Lipinski definition) is 0. The molecule has 0 atom stereocenters. The molecule has 0 heteroatoms. The Morgan fingerprint density at radius 2 is 0.633 bits per heavy atom. The highest BCUT2D eigenvalue weighted by Crippen LogP contribution is 2.43. The van der Waals surface area contributed by atoms with Gasteiger partial charge in [-0.05, 0) is 64.6 Å². The van der Waals surface area contributed by atoms with E-state index in [0.29, 0.717) is 0 Å². The fourth-order valence-electron chi connectivity index (χ4n) is 5.31. The molecular weight excluding hydrogens is 360 g/mol. The van der Waals surface area contributed by atoms with Crippen molar-refractivity contribution < 1.29 is 0 Å². The third-order valence-electron chi connectivity index (χ3n) is 6.60. The Labute approximate surface area is 174 Å². The van der Waals surface area contributed by atoms with Crippen molar-refractivity contribution in [3.05, 3.63) is 109 Å². The third kappa shape index (κ3) is 2.00. The van der Waals surface area contributed by atoms with E-state index in [1.807, 2.05) is 0 Å². The molecule has 0 aliphatic rings. The maximum absolute atomic E-state index is 2.32. The summed E-state index contributed by atoms with van der Waals surface area (Å²) in [6, 6.07) is 40.1. The van der Waals surface area contributed by atoms with Gasteiger partial charge in [-0.25, -0.2) is 0 Å². The van der Waals surface area contributed by atoms with Crippen molar-refractivity contribution in [2.24, 2.45) is 0 Å². The summed E-state index contributed by atoms with van der Waals surface area (Å²) < 4.78 is 0. The molecule has 7 rings (SSSR count). The van der Waals surface area contributed by atoms with Crippen LogP contribution in [-0.2, 0) is 0 Å². The predicted octanol–water partition coefficient (Wildman–Crippen LogP) is 8.61. The maximum atomic E-state index is 2.32. The van der Waals surface area contributed by atoms with Gasteiger partial charge in [-0.3, -0.25) is 0 Å². The van der Waals surface area contributed by atoms with E-state index in [1.165, 1.54) is 64.6 Å². The lowest BCUT2D eigenvalue weighted by Gasteiger charge is -2.15. The second-order valence-corrected chi connectivity index (χ2v) is 8.13. The topological polar surface area (TPSA) is 0 Å². The van der Waals surface area contributed by atoms with E-state index in [1.54, 1.807) is 0 Å². The van der Waals surface area contributed by atoms with E-state index in [0.717, 1.165) is 0 Å². The molecule has 0 amide bonds. The van der Waals surface area contributed by atoms with Crippen LogP contribution in [0.1, 0.15) is 0 Å². The number of rotatable bonds is 0. The SMILES string of the molecule is c1ccc2c(c1)ccc1c3ccc4ccc5ccccc5c4c3c3ccccc3c21. The first-order valence-corrected chi connectivity index (χ1v) is 10.5. The van der Waals surface area contributed by atoms with Gasteiger partial charge in [0, 0.05) is 0 Å². The van der Waals surface area contributed by atoms with Gasteiger partial charge in [-0.15, -0.1) is 0 Å². The highest BCUT2D eigenvalue weighted by Gasteiger charge is 2.14. The highest BCUT2D eigenvalue weighted by atomic mass is 14.2. The quantitative estimate of drug-likeness (QED) is 0.232. The van der Waals surface area contributed by atoms with Crippen LogP contribution in [0.2, 0.25) is 0 Å². The molecule has 0 aliphatic carbocycles. The van der Waals surface area contributed by atoms with Gasteiger partial charge in [-0.1, -0.05) is 109 Å². The second kappa shape index (κ2) is 5.81. The molecule has 7 aromatic carbocycles. The van der Waals surface area contributed by atoms with Crippen LogP contribution < -0.4 is 0 Å². The van der Waals surface area contributed by atoms with E-state index < -0.39 is 0 Å². The van der Waals surface area contributed by atoms with Gasteiger partial charge in [0.25, 0.3) is 0 Å². The summed E-state index contributed by atoms with van der Waals surface area (Å²) in [7, 11) is 0. The van der Waals surface area contributed by atoms with Gasteiger partial charge in [-0.2, -0.15) is 0 Å². The molecule has 30 heavy (non-hydrogen) atoms. The molecule has 0 aromatic heterocycles. The normalized spacial score (nSPS) is 12.0. The van der Waals surface area contributed by atoms with Crippen LogP contribution in [0.15, 0.2) is 109 Å². The van der Waals surface area contributed by atoms with Gasteiger partial charge in [0.1, 0.15) is 0 Å². The molecule has 7 aromatic rings. The Bertz CT molecular complexity index is 1770. The highest BCUT2D eigenvalue weighted by molar-refractivity contribution is 6.37. The molecule has 0 nitrogen and oxygen atoms in total. The summed E-state index contributed by atoms with van der Waals surface area (Å²) >= 11 is 0. The maximum Gasteiger partial charge on any atom is -0.00141 e. The lowest BCUT2D eigenvalue weighted by molar-refractivity contribution is 1.78. The summed E-state index contributed by atoms with van der Waals surface area (Å²) in [5, 5.41) is 15.9. The molecule has 0 heterocycles. The zero-order chi connectivity index (χ0) is 19.7. The Kier molecular flexibility index (Phi) is 3.09. The van der Waals surface area contributed by atoms with E-state index in [4.69, 9.17) is 0 Å². The minimum atomic E-state index is 1.29. The van der Waals surface area contributed by atoms with Crippen molar-refractivity contribution in [1.29, 1.82) is 0 Å². The van der Waals surface area contributed by atoms with E-state index in [9.17, 15) is 0 Å². The number of benzene rings is 7. The minimum Gasteiger partial charge on any atom is -0.0616 e. The van der Waals surface area contributed by atoms with Gasteiger partial charge in [0.05, 0.1) is 0 Å². The van der Waals surface area contributed by atoms with Crippen LogP contribution in [0.25, 0.3) is 64.6 Å². The van der Waals surface area contributed by atoms with Crippen molar-refractivity contribution in [2.45, 2.75) is 0 Å². The van der Waals surface area contributed by atoms with E-state index >= 15 is 0 Å². The fourth-order valence-corrected chi connectivity index (χ4v) is 5.31. The Balaban J connectivity index is 1.89. The van der Waals surface area contributed by atoms with Gasteiger partial charge < -0.3 is 0 Å². The molecule has 138 valence electrons. The van der Waals surface area contributed by atoms with E-state index in [-0.39, 0.29) is 0 Å². The Hall–Kier alpha value is -3.90. The zero-order valence-electron chi connectivity index (χ0n) is 16.4.